The van der Waals surface area contributed by atoms with Crippen LogP contribution in [0.2, 0.25) is 0 Å². The molecule has 21 heavy (non-hydrogen) atoms. The molecule has 1 aromatic carbocycles. The summed E-state index contributed by atoms with van der Waals surface area (Å²) >= 11 is 0. The van der Waals surface area contributed by atoms with E-state index >= 15 is 0 Å². The van der Waals surface area contributed by atoms with Gasteiger partial charge in [-0.15, -0.1) is 0 Å². The summed E-state index contributed by atoms with van der Waals surface area (Å²) < 4.78 is 0. The summed E-state index contributed by atoms with van der Waals surface area (Å²) in [4.78, 5) is 0. The van der Waals surface area contributed by atoms with Crippen molar-refractivity contribution >= 4 is 0 Å². The fourth-order valence-corrected chi connectivity index (χ4v) is 2.74. The van der Waals surface area contributed by atoms with Crippen LogP contribution in [0, 0.1) is 6.07 Å². The number of hydrogen-bond acceptors (Lipinski definition) is 0. The molecule has 0 atom stereocenters. The number of unbranched alkanes of at least 4 members (excludes halogenated alkanes) is 11. The second-order valence-electron chi connectivity index (χ2n) is 6.03. The van der Waals surface area contributed by atoms with E-state index in [2.05, 4.69) is 25.1 Å². The molecule has 0 spiro atoms. The molecule has 0 N–H and O–H groups in total. The monoisotopic (exact) mass is 280 g/mol. The summed E-state index contributed by atoms with van der Waals surface area (Å²) in [5, 5.41) is 0. The molecule has 1 aromatic rings. The van der Waals surface area contributed by atoms with Gasteiger partial charge < -0.3 is 0 Å². The van der Waals surface area contributed by atoms with E-state index in [1.54, 1.807) is 0 Å². The predicted octanol–water partition coefficient (Wildman–Crippen LogP) is 3.73. The third-order valence-corrected chi connectivity index (χ3v) is 4.07. The second-order valence-corrected chi connectivity index (χ2v) is 6.03. The van der Waals surface area contributed by atoms with Crippen LogP contribution in [-0.2, 0) is 6.42 Å². The maximum absolute atomic E-state index is 3.31. The van der Waals surface area contributed by atoms with Crippen molar-refractivity contribution in [2.75, 3.05) is 0 Å². The van der Waals surface area contributed by atoms with Crippen LogP contribution in [0.5, 0.6) is 0 Å². The van der Waals surface area contributed by atoms with Crippen LogP contribution >= 0.6 is 0 Å². The third kappa shape index (κ3) is 13.2. The Labute approximate surface area is 145 Å². The van der Waals surface area contributed by atoms with E-state index in [0.29, 0.717) is 0 Å². The van der Waals surface area contributed by atoms with Gasteiger partial charge in [0.1, 0.15) is 0 Å². The van der Waals surface area contributed by atoms with Crippen LogP contribution in [0.15, 0.2) is 24.3 Å². The van der Waals surface area contributed by atoms with Gasteiger partial charge in [-0.1, -0.05) is 90.4 Å². The minimum atomic E-state index is 0. The van der Waals surface area contributed by atoms with Crippen LogP contribution in [0.4, 0.5) is 0 Å². The minimum Gasteiger partial charge on any atom is -0.180 e. The van der Waals surface area contributed by atoms with Crippen LogP contribution < -0.4 is 18.9 Å². The van der Waals surface area contributed by atoms with E-state index in [1.165, 1.54) is 89.0 Å². The Balaban J connectivity index is 0.00000400. The molecule has 0 unspecified atom stereocenters. The molecule has 0 aliphatic carbocycles. The van der Waals surface area contributed by atoms with Crippen LogP contribution in [0.1, 0.15) is 89.5 Å². The maximum Gasteiger partial charge on any atom is 1.00 e. The molecule has 114 valence electrons. The van der Waals surface area contributed by atoms with Crippen molar-refractivity contribution in [3.63, 3.8) is 0 Å². The van der Waals surface area contributed by atoms with E-state index in [9.17, 15) is 0 Å². The van der Waals surface area contributed by atoms with Crippen molar-refractivity contribution in [1.29, 1.82) is 0 Å². The Hall–Kier alpha value is -0.183. The standard InChI is InChI=1S/C20H33.Li/c1-2-3-4-5-6-7-8-9-10-11-12-14-17-20-18-15-13-16-19-20;/h13,15-16,18H,2-12,14,17H2,1H3;/q-1;+1. The Morgan fingerprint density at radius 2 is 1.24 bits per heavy atom. The number of rotatable bonds is 13. The zero-order chi connectivity index (χ0) is 14.3. The fourth-order valence-electron chi connectivity index (χ4n) is 2.74. The summed E-state index contributed by atoms with van der Waals surface area (Å²) in [5.74, 6) is 0. The average Bonchev–Trinajstić information content (AvgIpc) is 2.49. The summed E-state index contributed by atoms with van der Waals surface area (Å²) in [6.07, 6.45) is 18.3. The van der Waals surface area contributed by atoms with Gasteiger partial charge in [0.2, 0.25) is 0 Å². The number of hydrogen-bond donors (Lipinski definition) is 0. The second kappa shape index (κ2) is 16.2. The molecule has 0 nitrogen and oxygen atoms in total. The number of benzene rings is 1. The van der Waals surface area contributed by atoms with Crippen LogP contribution in [-0.4, -0.2) is 0 Å². The van der Waals surface area contributed by atoms with Gasteiger partial charge >= 0.3 is 18.9 Å². The molecule has 0 saturated carbocycles. The molecule has 0 aliphatic rings. The van der Waals surface area contributed by atoms with Gasteiger partial charge in [-0.25, -0.2) is 0 Å². The van der Waals surface area contributed by atoms with Gasteiger partial charge in [0.25, 0.3) is 0 Å². The topological polar surface area (TPSA) is 0 Å². The van der Waals surface area contributed by atoms with Crippen molar-refractivity contribution < 1.29 is 18.9 Å². The molecule has 0 saturated heterocycles. The molecule has 0 bridgehead atoms. The van der Waals surface area contributed by atoms with E-state index < -0.39 is 0 Å². The van der Waals surface area contributed by atoms with Crippen molar-refractivity contribution in [2.45, 2.75) is 90.4 Å². The van der Waals surface area contributed by atoms with Crippen molar-refractivity contribution in [1.82, 2.24) is 0 Å². The van der Waals surface area contributed by atoms with Crippen molar-refractivity contribution in [2.24, 2.45) is 0 Å². The molecular formula is C20H33Li. The Morgan fingerprint density at radius 3 is 1.71 bits per heavy atom. The minimum absolute atomic E-state index is 0. The van der Waals surface area contributed by atoms with Gasteiger partial charge in [-0.3, -0.25) is 0 Å². The maximum atomic E-state index is 3.31. The first-order valence-electron chi connectivity index (χ1n) is 8.89. The Morgan fingerprint density at radius 1 is 0.714 bits per heavy atom. The molecule has 0 radical (unpaired) electrons. The van der Waals surface area contributed by atoms with Gasteiger partial charge in [0, 0.05) is 0 Å². The average molecular weight is 280 g/mol. The zero-order valence-corrected chi connectivity index (χ0v) is 14.5. The molecular weight excluding hydrogens is 247 g/mol. The van der Waals surface area contributed by atoms with Crippen LogP contribution in [0.3, 0.4) is 0 Å². The Kier molecular flexibility index (Phi) is 16.1. The van der Waals surface area contributed by atoms with Gasteiger partial charge in [-0.05, 0) is 0 Å². The summed E-state index contributed by atoms with van der Waals surface area (Å²) in [5.41, 5.74) is 1.37. The van der Waals surface area contributed by atoms with E-state index in [1.807, 2.05) is 12.1 Å². The largest absolute Gasteiger partial charge is 1.00 e. The van der Waals surface area contributed by atoms with E-state index in [-0.39, 0.29) is 18.9 Å². The van der Waals surface area contributed by atoms with Crippen molar-refractivity contribution in [3.8, 4) is 0 Å². The molecule has 0 heterocycles. The summed E-state index contributed by atoms with van der Waals surface area (Å²) in [6.45, 7) is 2.29. The zero-order valence-electron chi connectivity index (χ0n) is 14.5. The fraction of sp³-hybridized carbons (Fsp3) is 0.700. The van der Waals surface area contributed by atoms with Crippen molar-refractivity contribution in [3.05, 3.63) is 35.9 Å². The molecule has 0 aromatic heterocycles. The molecule has 0 amide bonds. The van der Waals surface area contributed by atoms with E-state index in [0.717, 1.165) is 0 Å². The van der Waals surface area contributed by atoms with Gasteiger partial charge in [0.15, 0.2) is 0 Å². The molecule has 1 rings (SSSR count). The van der Waals surface area contributed by atoms with E-state index in [4.69, 9.17) is 0 Å². The summed E-state index contributed by atoms with van der Waals surface area (Å²) in [6, 6.07) is 11.7. The molecule has 0 aliphatic heterocycles. The van der Waals surface area contributed by atoms with Gasteiger partial charge in [-0.2, -0.15) is 35.9 Å². The van der Waals surface area contributed by atoms with Crippen LogP contribution in [0.25, 0.3) is 0 Å². The first-order chi connectivity index (χ1) is 9.93. The number of aryl methyl sites for hydroxylation is 1. The van der Waals surface area contributed by atoms with Gasteiger partial charge in [0.05, 0.1) is 0 Å². The quantitative estimate of drug-likeness (QED) is 0.293. The normalized spacial score (nSPS) is 10.3. The molecule has 0 fully saturated rings. The third-order valence-electron chi connectivity index (χ3n) is 4.07. The first kappa shape index (κ1) is 20.8. The first-order valence-corrected chi connectivity index (χ1v) is 8.89. The SMILES string of the molecule is CCCCCCCCCCCCCCc1[c-]cccc1.[Li+]. The predicted molar refractivity (Wildman–Crippen MR) is 90.1 cm³/mol. The Bertz CT molecular complexity index is 294. The smallest absolute Gasteiger partial charge is 0.180 e. The summed E-state index contributed by atoms with van der Waals surface area (Å²) in [7, 11) is 0. The molecule has 1 heteroatoms.